The van der Waals surface area contributed by atoms with Crippen molar-refractivity contribution in [1.29, 1.82) is 0 Å². The monoisotopic (exact) mass is 643 g/mol. The van der Waals surface area contributed by atoms with E-state index in [1.807, 2.05) is 36.4 Å². The fourth-order valence-corrected chi connectivity index (χ4v) is 6.95. The molecule has 0 N–H and O–H groups in total. The van der Waals surface area contributed by atoms with Crippen molar-refractivity contribution in [2.24, 2.45) is 0 Å². The molecule has 0 aliphatic rings. The van der Waals surface area contributed by atoms with Crippen LogP contribution in [0, 0.1) is 13.8 Å². The first-order chi connectivity index (χ1) is 24.6. The Hall–Kier alpha value is -6.46. The van der Waals surface area contributed by atoms with Crippen molar-refractivity contribution in [2.45, 2.75) is 20.3 Å². The average molecular weight is 644 g/mol. The van der Waals surface area contributed by atoms with Crippen molar-refractivity contribution in [3.63, 3.8) is 0 Å². The summed E-state index contributed by atoms with van der Waals surface area (Å²) >= 11 is 0. The zero-order chi connectivity index (χ0) is 33.6. The van der Waals surface area contributed by atoms with Crippen molar-refractivity contribution in [3.05, 3.63) is 174 Å². The topological polar surface area (TPSA) is 56.0 Å². The quantitative estimate of drug-likeness (QED) is 0.169. The summed E-state index contributed by atoms with van der Waals surface area (Å²) in [6.45, 7) is 4.29. The molecular formula is C45H33N5. The predicted molar refractivity (Wildman–Crippen MR) is 204 cm³/mol. The van der Waals surface area contributed by atoms with E-state index in [1.165, 1.54) is 16.3 Å². The summed E-state index contributed by atoms with van der Waals surface area (Å²) < 4.78 is 2.20. The van der Waals surface area contributed by atoms with Crippen LogP contribution in [0.1, 0.15) is 22.5 Å². The van der Waals surface area contributed by atoms with Crippen LogP contribution in [-0.4, -0.2) is 24.3 Å². The summed E-state index contributed by atoms with van der Waals surface area (Å²) in [5, 5.41) is 2.36. The van der Waals surface area contributed by atoms with Gasteiger partial charge in [0.1, 0.15) is 5.65 Å². The molecule has 5 nitrogen and oxygen atoms in total. The lowest BCUT2D eigenvalue weighted by molar-refractivity contribution is 0.971. The van der Waals surface area contributed by atoms with Gasteiger partial charge in [0, 0.05) is 45.9 Å². The summed E-state index contributed by atoms with van der Waals surface area (Å²) in [7, 11) is 0. The molecule has 0 aliphatic heterocycles. The van der Waals surface area contributed by atoms with Crippen LogP contribution in [0.3, 0.4) is 0 Å². The first-order valence-electron chi connectivity index (χ1n) is 16.9. The number of fused-ring (bicyclic) bond motifs is 3. The minimum Gasteiger partial charge on any atom is -0.303 e. The Morgan fingerprint density at radius 1 is 0.460 bits per heavy atom. The van der Waals surface area contributed by atoms with E-state index in [4.69, 9.17) is 19.9 Å². The summed E-state index contributed by atoms with van der Waals surface area (Å²) in [5.41, 5.74) is 15.3. The smallest absolute Gasteiger partial charge is 0.138 e. The van der Waals surface area contributed by atoms with Gasteiger partial charge in [-0.15, -0.1) is 0 Å². The molecule has 5 aromatic heterocycles. The first-order valence-corrected chi connectivity index (χ1v) is 16.9. The van der Waals surface area contributed by atoms with Gasteiger partial charge in [0.15, 0.2) is 0 Å². The summed E-state index contributed by atoms with van der Waals surface area (Å²) in [5.74, 6) is 0. The van der Waals surface area contributed by atoms with E-state index in [0.29, 0.717) is 6.42 Å². The van der Waals surface area contributed by atoms with E-state index in [-0.39, 0.29) is 0 Å². The Labute approximate surface area is 290 Å². The van der Waals surface area contributed by atoms with Gasteiger partial charge in [0.05, 0.1) is 33.8 Å². The SMILES string of the molecule is Cc1cc(-c2ccccc2)nc(-c2cccc(Cc3cc(-c4ccc5c(C)c6ccccc6nc5c4)cc4nc(-c5ccccc5)cn34)n2)c1. The number of aryl methyl sites for hydroxylation is 2. The van der Waals surface area contributed by atoms with Gasteiger partial charge in [-0.3, -0.25) is 4.98 Å². The molecule has 9 aromatic rings. The fourth-order valence-electron chi connectivity index (χ4n) is 6.95. The second kappa shape index (κ2) is 12.2. The number of hydrogen-bond donors (Lipinski definition) is 0. The van der Waals surface area contributed by atoms with Crippen LogP contribution in [0.4, 0.5) is 0 Å². The Bertz CT molecular complexity index is 2690. The van der Waals surface area contributed by atoms with Gasteiger partial charge < -0.3 is 4.40 Å². The highest BCUT2D eigenvalue weighted by molar-refractivity contribution is 5.98. The molecule has 50 heavy (non-hydrogen) atoms. The zero-order valence-corrected chi connectivity index (χ0v) is 27.9. The number of aromatic nitrogens is 5. The third-order valence-corrected chi connectivity index (χ3v) is 9.47. The van der Waals surface area contributed by atoms with E-state index in [1.54, 1.807) is 0 Å². The standard InChI is InChI=1S/C45H33N5/c1-29-22-41(31-12-5-3-6-13-31)48-43(23-29)40-19-11-16-35(46-40)27-36-24-34(26-45-49-44(28-50(36)45)32-14-7-4-8-15-32)33-20-21-38-30(2)37-17-9-10-18-39(37)47-42(38)25-33/h3-26,28H,27H2,1-2H3. The maximum Gasteiger partial charge on any atom is 0.138 e. The summed E-state index contributed by atoms with van der Waals surface area (Å²) in [6, 6.07) is 50.5. The van der Waals surface area contributed by atoms with E-state index in [0.717, 1.165) is 78.7 Å². The highest BCUT2D eigenvalue weighted by Crippen LogP contribution is 2.32. The molecule has 0 radical (unpaired) electrons. The molecular weight excluding hydrogens is 611 g/mol. The zero-order valence-electron chi connectivity index (χ0n) is 27.9. The molecule has 4 aromatic carbocycles. The molecule has 0 bridgehead atoms. The molecule has 0 unspecified atom stereocenters. The van der Waals surface area contributed by atoms with E-state index >= 15 is 0 Å². The van der Waals surface area contributed by atoms with Crippen molar-refractivity contribution >= 4 is 27.5 Å². The van der Waals surface area contributed by atoms with Gasteiger partial charge in [0.2, 0.25) is 0 Å². The fraction of sp³-hybridized carbons (Fsp3) is 0.0667. The lowest BCUT2D eigenvalue weighted by Crippen LogP contribution is -2.02. The Kier molecular flexibility index (Phi) is 7.24. The summed E-state index contributed by atoms with van der Waals surface area (Å²) in [6.07, 6.45) is 2.76. The van der Waals surface area contributed by atoms with Crippen molar-refractivity contribution in [3.8, 4) is 45.0 Å². The third-order valence-electron chi connectivity index (χ3n) is 9.47. The Morgan fingerprint density at radius 2 is 1.18 bits per heavy atom. The van der Waals surface area contributed by atoms with Crippen molar-refractivity contribution in [2.75, 3.05) is 0 Å². The van der Waals surface area contributed by atoms with Crippen LogP contribution in [0.25, 0.3) is 72.5 Å². The van der Waals surface area contributed by atoms with Crippen LogP contribution in [0.2, 0.25) is 0 Å². The molecule has 9 rings (SSSR count). The van der Waals surface area contributed by atoms with Gasteiger partial charge >= 0.3 is 0 Å². The van der Waals surface area contributed by atoms with Crippen molar-refractivity contribution in [1.82, 2.24) is 24.3 Å². The molecule has 0 atom stereocenters. The van der Waals surface area contributed by atoms with Crippen LogP contribution >= 0.6 is 0 Å². The number of para-hydroxylation sites is 1. The number of imidazole rings is 1. The van der Waals surface area contributed by atoms with Gasteiger partial charge in [-0.1, -0.05) is 97.1 Å². The molecule has 238 valence electrons. The van der Waals surface area contributed by atoms with E-state index in [2.05, 4.69) is 134 Å². The number of hydrogen-bond acceptors (Lipinski definition) is 4. The first kappa shape index (κ1) is 29.7. The van der Waals surface area contributed by atoms with Crippen LogP contribution in [-0.2, 0) is 6.42 Å². The molecule has 0 amide bonds. The third kappa shape index (κ3) is 5.49. The number of nitrogens with zero attached hydrogens (tertiary/aromatic N) is 5. The largest absolute Gasteiger partial charge is 0.303 e. The van der Waals surface area contributed by atoms with Gasteiger partial charge in [-0.25, -0.2) is 15.0 Å². The van der Waals surface area contributed by atoms with Gasteiger partial charge in [0.25, 0.3) is 0 Å². The summed E-state index contributed by atoms with van der Waals surface area (Å²) in [4.78, 5) is 20.4. The van der Waals surface area contributed by atoms with Crippen LogP contribution in [0.15, 0.2) is 152 Å². The molecule has 5 heteroatoms. The van der Waals surface area contributed by atoms with Gasteiger partial charge in [-0.05, 0) is 84.6 Å². The number of rotatable bonds is 6. The lowest BCUT2D eigenvalue weighted by Gasteiger charge is -2.12. The molecule has 0 aliphatic carbocycles. The van der Waals surface area contributed by atoms with Crippen molar-refractivity contribution < 1.29 is 0 Å². The molecule has 0 spiro atoms. The minimum absolute atomic E-state index is 0.621. The highest BCUT2D eigenvalue weighted by Gasteiger charge is 2.15. The van der Waals surface area contributed by atoms with Crippen LogP contribution in [0.5, 0.6) is 0 Å². The predicted octanol–water partition coefficient (Wildman–Crippen LogP) is 10.7. The molecule has 5 heterocycles. The molecule has 0 fully saturated rings. The Balaban J connectivity index is 1.15. The van der Waals surface area contributed by atoms with Gasteiger partial charge in [-0.2, -0.15) is 0 Å². The lowest BCUT2D eigenvalue weighted by atomic mass is 9.99. The second-order valence-electron chi connectivity index (χ2n) is 12.9. The maximum atomic E-state index is 5.16. The second-order valence-corrected chi connectivity index (χ2v) is 12.9. The van der Waals surface area contributed by atoms with Crippen LogP contribution < -0.4 is 0 Å². The van der Waals surface area contributed by atoms with E-state index in [9.17, 15) is 0 Å². The Morgan fingerprint density at radius 3 is 2.00 bits per heavy atom. The average Bonchev–Trinajstić information content (AvgIpc) is 3.60. The molecule has 0 saturated heterocycles. The molecule has 0 saturated carbocycles. The normalized spacial score (nSPS) is 11.5. The highest BCUT2D eigenvalue weighted by atomic mass is 15.0. The number of pyridine rings is 4. The van der Waals surface area contributed by atoms with E-state index < -0.39 is 0 Å². The number of benzene rings is 4. The minimum atomic E-state index is 0.621. The maximum absolute atomic E-state index is 5.16.